The second-order valence-electron chi connectivity index (χ2n) is 3.26. The molecule has 0 unspecified atom stereocenters. The van der Waals surface area contributed by atoms with Crippen LogP contribution >= 0.6 is 11.6 Å². The van der Waals surface area contributed by atoms with Crippen LogP contribution in [0.1, 0.15) is 0 Å². The molecule has 0 amide bonds. The first-order valence-electron chi connectivity index (χ1n) is 4.89. The summed E-state index contributed by atoms with van der Waals surface area (Å²) < 4.78 is 5.21. The number of nitrogens with two attached hydrogens (primary N) is 1. The topological polar surface area (TPSA) is 73.1 Å². The Morgan fingerprint density at radius 1 is 1.29 bits per heavy atom. The summed E-state index contributed by atoms with van der Waals surface area (Å²) in [5.41, 5.74) is 6.29. The molecule has 0 aliphatic heterocycles. The lowest BCUT2D eigenvalue weighted by Gasteiger charge is -2.10. The lowest BCUT2D eigenvalue weighted by Crippen LogP contribution is -2.01. The molecular weight excluding hydrogens is 240 g/mol. The van der Waals surface area contributed by atoms with Crippen molar-refractivity contribution in [3.05, 3.63) is 35.5 Å². The van der Waals surface area contributed by atoms with Gasteiger partial charge in [-0.05, 0) is 12.1 Å². The molecular formula is C11H11ClN4O. The number of nitrogen functional groups attached to an aromatic ring is 1. The van der Waals surface area contributed by atoms with Gasteiger partial charge in [0.1, 0.15) is 16.7 Å². The number of nitrogens with one attached hydrogen (secondary N) is 1. The molecule has 0 fully saturated rings. The van der Waals surface area contributed by atoms with Gasteiger partial charge in [-0.3, -0.25) is 0 Å². The van der Waals surface area contributed by atoms with Gasteiger partial charge in [-0.15, -0.1) is 0 Å². The Morgan fingerprint density at radius 2 is 2.06 bits per heavy atom. The highest BCUT2D eigenvalue weighted by molar-refractivity contribution is 6.29. The van der Waals surface area contributed by atoms with Crippen molar-refractivity contribution < 1.29 is 4.74 Å². The standard InChI is InChI=1S/C11H11ClN4O/c1-17-8-5-3-2-4-7(8)14-10-6-9(12)15-11(13)16-10/h2-6H,1H3,(H3,13,14,15,16). The van der Waals surface area contributed by atoms with E-state index in [1.54, 1.807) is 13.2 Å². The van der Waals surface area contributed by atoms with Gasteiger partial charge in [0, 0.05) is 6.07 Å². The fourth-order valence-electron chi connectivity index (χ4n) is 1.39. The summed E-state index contributed by atoms with van der Waals surface area (Å²) in [5.74, 6) is 1.35. The molecule has 1 heterocycles. The van der Waals surface area contributed by atoms with Gasteiger partial charge in [-0.2, -0.15) is 4.98 Å². The normalized spacial score (nSPS) is 10.0. The van der Waals surface area contributed by atoms with Crippen LogP contribution in [0.25, 0.3) is 0 Å². The average Bonchev–Trinajstić information content (AvgIpc) is 2.28. The van der Waals surface area contributed by atoms with Crippen LogP contribution in [0, 0.1) is 0 Å². The van der Waals surface area contributed by atoms with Gasteiger partial charge in [0.05, 0.1) is 12.8 Å². The number of rotatable bonds is 3. The number of aromatic nitrogens is 2. The molecule has 2 rings (SSSR count). The molecule has 0 aliphatic rings. The highest BCUT2D eigenvalue weighted by atomic mass is 35.5. The molecule has 6 heteroatoms. The molecule has 0 aliphatic carbocycles. The van der Waals surface area contributed by atoms with E-state index in [1.807, 2.05) is 24.3 Å². The Hall–Kier alpha value is -2.01. The predicted molar refractivity (Wildman–Crippen MR) is 67.7 cm³/mol. The number of hydrogen-bond acceptors (Lipinski definition) is 5. The second-order valence-corrected chi connectivity index (χ2v) is 3.65. The number of para-hydroxylation sites is 2. The maximum atomic E-state index is 5.79. The maximum Gasteiger partial charge on any atom is 0.223 e. The summed E-state index contributed by atoms with van der Waals surface area (Å²) >= 11 is 5.79. The molecule has 0 bridgehead atoms. The van der Waals surface area contributed by atoms with Crippen molar-refractivity contribution in [3.8, 4) is 5.75 Å². The zero-order chi connectivity index (χ0) is 12.3. The fourth-order valence-corrected chi connectivity index (χ4v) is 1.58. The summed E-state index contributed by atoms with van der Waals surface area (Å²) in [6.45, 7) is 0. The smallest absolute Gasteiger partial charge is 0.223 e. The quantitative estimate of drug-likeness (QED) is 0.819. The monoisotopic (exact) mass is 250 g/mol. The summed E-state index contributed by atoms with van der Waals surface area (Å²) in [5, 5.41) is 3.35. The first-order chi connectivity index (χ1) is 8.19. The molecule has 5 nitrogen and oxygen atoms in total. The van der Waals surface area contributed by atoms with E-state index >= 15 is 0 Å². The summed E-state index contributed by atoms with van der Waals surface area (Å²) in [6, 6.07) is 9.06. The van der Waals surface area contributed by atoms with Crippen LogP contribution in [-0.4, -0.2) is 17.1 Å². The van der Waals surface area contributed by atoms with Gasteiger partial charge in [-0.1, -0.05) is 23.7 Å². The first-order valence-corrected chi connectivity index (χ1v) is 5.27. The van der Waals surface area contributed by atoms with E-state index in [4.69, 9.17) is 22.1 Å². The van der Waals surface area contributed by atoms with Crippen LogP contribution in [-0.2, 0) is 0 Å². The third-order valence-electron chi connectivity index (χ3n) is 2.08. The van der Waals surface area contributed by atoms with E-state index in [2.05, 4.69) is 15.3 Å². The highest BCUT2D eigenvalue weighted by Gasteiger charge is 2.04. The largest absolute Gasteiger partial charge is 0.495 e. The van der Waals surface area contributed by atoms with Crippen LogP contribution in [0.3, 0.4) is 0 Å². The Labute approximate surface area is 104 Å². The van der Waals surface area contributed by atoms with Crippen molar-refractivity contribution in [1.82, 2.24) is 9.97 Å². The van der Waals surface area contributed by atoms with E-state index in [0.29, 0.717) is 11.6 Å². The highest BCUT2D eigenvalue weighted by Crippen LogP contribution is 2.26. The lowest BCUT2D eigenvalue weighted by atomic mass is 10.3. The molecule has 0 spiro atoms. The van der Waals surface area contributed by atoms with E-state index in [0.717, 1.165) is 5.69 Å². The average molecular weight is 251 g/mol. The third kappa shape index (κ3) is 2.76. The van der Waals surface area contributed by atoms with E-state index in [1.165, 1.54) is 0 Å². The first kappa shape index (κ1) is 11.5. The van der Waals surface area contributed by atoms with Crippen LogP contribution < -0.4 is 15.8 Å². The van der Waals surface area contributed by atoms with Crippen LogP contribution in [0.4, 0.5) is 17.5 Å². The molecule has 1 aromatic carbocycles. The molecule has 0 atom stereocenters. The zero-order valence-electron chi connectivity index (χ0n) is 9.14. The van der Waals surface area contributed by atoms with Gasteiger partial charge in [0.2, 0.25) is 5.95 Å². The van der Waals surface area contributed by atoms with Crippen molar-refractivity contribution in [2.75, 3.05) is 18.2 Å². The van der Waals surface area contributed by atoms with Crippen molar-refractivity contribution >= 4 is 29.1 Å². The second kappa shape index (κ2) is 4.88. The Balaban J connectivity index is 2.31. The Bertz CT molecular complexity index is 512. The summed E-state index contributed by atoms with van der Waals surface area (Å²) in [4.78, 5) is 7.80. The number of anilines is 3. The molecule has 0 saturated carbocycles. The number of ether oxygens (including phenoxy) is 1. The Morgan fingerprint density at radius 3 is 2.76 bits per heavy atom. The fraction of sp³-hybridized carbons (Fsp3) is 0.0909. The van der Waals surface area contributed by atoms with Gasteiger partial charge >= 0.3 is 0 Å². The zero-order valence-corrected chi connectivity index (χ0v) is 9.90. The number of benzene rings is 1. The number of methoxy groups -OCH3 is 1. The Kier molecular flexibility index (Phi) is 3.30. The molecule has 2 aromatic rings. The van der Waals surface area contributed by atoms with Crippen molar-refractivity contribution in [3.63, 3.8) is 0 Å². The molecule has 1 aromatic heterocycles. The third-order valence-corrected chi connectivity index (χ3v) is 2.28. The minimum absolute atomic E-state index is 0.120. The van der Waals surface area contributed by atoms with Crippen molar-refractivity contribution in [1.29, 1.82) is 0 Å². The molecule has 0 radical (unpaired) electrons. The molecule has 0 saturated heterocycles. The lowest BCUT2D eigenvalue weighted by molar-refractivity contribution is 0.417. The van der Waals surface area contributed by atoms with Crippen molar-refractivity contribution in [2.45, 2.75) is 0 Å². The molecule has 88 valence electrons. The van der Waals surface area contributed by atoms with E-state index in [-0.39, 0.29) is 11.1 Å². The van der Waals surface area contributed by atoms with Gasteiger partial charge in [-0.25, -0.2) is 4.98 Å². The van der Waals surface area contributed by atoms with Crippen LogP contribution in [0.5, 0.6) is 5.75 Å². The number of nitrogens with zero attached hydrogens (tertiary/aromatic N) is 2. The SMILES string of the molecule is COc1ccccc1Nc1cc(Cl)nc(N)n1. The number of hydrogen-bond donors (Lipinski definition) is 2. The van der Waals surface area contributed by atoms with E-state index < -0.39 is 0 Å². The van der Waals surface area contributed by atoms with Gasteiger partial charge in [0.15, 0.2) is 0 Å². The maximum absolute atomic E-state index is 5.79. The van der Waals surface area contributed by atoms with Gasteiger partial charge < -0.3 is 15.8 Å². The molecule has 3 N–H and O–H groups in total. The van der Waals surface area contributed by atoms with Crippen LogP contribution in [0.2, 0.25) is 5.15 Å². The van der Waals surface area contributed by atoms with Crippen molar-refractivity contribution in [2.24, 2.45) is 0 Å². The van der Waals surface area contributed by atoms with E-state index in [9.17, 15) is 0 Å². The number of halogens is 1. The minimum Gasteiger partial charge on any atom is -0.495 e. The molecule has 17 heavy (non-hydrogen) atoms. The van der Waals surface area contributed by atoms with Gasteiger partial charge in [0.25, 0.3) is 0 Å². The predicted octanol–water partition coefficient (Wildman–Crippen LogP) is 2.46. The summed E-state index contributed by atoms with van der Waals surface area (Å²) in [6.07, 6.45) is 0. The van der Waals surface area contributed by atoms with Crippen LogP contribution in [0.15, 0.2) is 30.3 Å². The minimum atomic E-state index is 0.120. The summed E-state index contributed by atoms with van der Waals surface area (Å²) in [7, 11) is 1.60.